The zero-order valence-electron chi connectivity index (χ0n) is 11.0. The molecule has 0 aliphatic heterocycles. The Labute approximate surface area is 126 Å². The number of nitrogen functional groups attached to an aromatic ring is 1. The van der Waals surface area contributed by atoms with E-state index in [0.717, 1.165) is 29.3 Å². The van der Waals surface area contributed by atoms with Crippen LogP contribution in [-0.2, 0) is 0 Å². The van der Waals surface area contributed by atoms with Gasteiger partial charge in [0.15, 0.2) is 0 Å². The standard InChI is InChI=1S/C14H17ClN2O2S/c15-9-5-4-6-10-11(9)12(16)13(20-10)14(19)17-7-2-1-3-8-18/h4-6,18H,1-3,7-8,16H2,(H,17,19). The van der Waals surface area contributed by atoms with Crippen molar-refractivity contribution in [3.05, 3.63) is 28.1 Å². The Balaban J connectivity index is 2.07. The first-order chi connectivity index (χ1) is 9.65. The van der Waals surface area contributed by atoms with Gasteiger partial charge >= 0.3 is 0 Å². The van der Waals surface area contributed by atoms with Crippen LogP contribution in [0, 0.1) is 0 Å². The van der Waals surface area contributed by atoms with Gasteiger partial charge in [0, 0.05) is 23.2 Å². The first-order valence-corrected chi connectivity index (χ1v) is 7.70. The van der Waals surface area contributed by atoms with Gasteiger partial charge in [-0.2, -0.15) is 0 Å². The minimum atomic E-state index is -0.163. The van der Waals surface area contributed by atoms with Crippen LogP contribution in [0.25, 0.3) is 10.1 Å². The van der Waals surface area contributed by atoms with E-state index in [1.165, 1.54) is 11.3 Å². The number of anilines is 1. The van der Waals surface area contributed by atoms with E-state index < -0.39 is 0 Å². The van der Waals surface area contributed by atoms with Crippen LogP contribution in [0.5, 0.6) is 0 Å². The second-order valence-corrected chi connectivity index (χ2v) is 5.96. The van der Waals surface area contributed by atoms with Gasteiger partial charge in [-0.05, 0) is 31.4 Å². The van der Waals surface area contributed by atoms with Crippen molar-refractivity contribution in [2.24, 2.45) is 0 Å². The molecule has 108 valence electrons. The number of carbonyl (C=O) groups is 1. The summed E-state index contributed by atoms with van der Waals surface area (Å²) in [6.07, 6.45) is 2.50. The summed E-state index contributed by atoms with van der Waals surface area (Å²) in [5, 5.41) is 12.8. The van der Waals surface area contributed by atoms with E-state index >= 15 is 0 Å². The third kappa shape index (κ3) is 3.23. The van der Waals surface area contributed by atoms with Crippen LogP contribution >= 0.6 is 22.9 Å². The average Bonchev–Trinajstić information content (AvgIpc) is 2.77. The fourth-order valence-corrected chi connectivity index (χ4v) is 3.39. The Morgan fingerprint density at radius 3 is 2.85 bits per heavy atom. The number of halogens is 1. The molecule has 0 saturated heterocycles. The first kappa shape index (κ1) is 15.1. The molecule has 4 nitrogen and oxygen atoms in total. The number of nitrogens with two attached hydrogens (primary N) is 1. The molecule has 0 radical (unpaired) electrons. The van der Waals surface area contributed by atoms with Crippen molar-refractivity contribution in [1.82, 2.24) is 5.32 Å². The summed E-state index contributed by atoms with van der Waals surface area (Å²) < 4.78 is 0.917. The Morgan fingerprint density at radius 2 is 2.15 bits per heavy atom. The highest BCUT2D eigenvalue weighted by Gasteiger charge is 2.17. The number of benzene rings is 1. The second-order valence-electron chi connectivity index (χ2n) is 4.50. The zero-order chi connectivity index (χ0) is 14.5. The van der Waals surface area contributed by atoms with Crippen molar-refractivity contribution >= 4 is 44.6 Å². The zero-order valence-corrected chi connectivity index (χ0v) is 12.6. The number of unbranched alkanes of at least 4 members (excludes halogenated alkanes) is 2. The van der Waals surface area contributed by atoms with Gasteiger partial charge < -0.3 is 16.2 Å². The molecule has 20 heavy (non-hydrogen) atoms. The van der Waals surface area contributed by atoms with E-state index in [0.29, 0.717) is 22.1 Å². The lowest BCUT2D eigenvalue weighted by molar-refractivity contribution is 0.0958. The van der Waals surface area contributed by atoms with Gasteiger partial charge in [-0.15, -0.1) is 11.3 Å². The predicted octanol–water partition coefficient (Wildman–Crippen LogP) is 3.03. The Morgan fingerprint density at radius 1 is 1.35 bits per heavy atom. The topological polar surface area (TPSA) is 75.4 Å². The summed E-state index contributed by atoms with van der Waals surface area (Å²) >= 11 is 7.47. The van der Waals surface area contributed by atoms with Crippen LogP contribution in [0.15, 0.2) is 18.2 Å². The van der Waals surface area contributed by atoms with Crippen LogP contribution < -0.4 is 11.1 Å². The van der Waals surface area contributed by atoms with Crippen molar-refractivity contribution in [3.8, 4) is 0 Å². The van der Waals surface area contributed by atoms with E-state index in [1.54, 1.807) is 6.07 Å². The summed E-state index contributed by atoms with van der Waals surface area (Å²) in [7, 11) is 0. The van der Waals surface area contributed by atoms with E-state index in [9.17, 15) is 4.79 Å². The maximum absolute atomic E-state index is 12.1. The molecular formula is C14H17ClN2O2S. The van der Waals surface area contributed by atoms with Crippen LogP contribution in [0.2, 0.25) is 5.02 Å². The summed E-state index contributed by atoms with van der Waals surface area (Å²) in [6, 6.07) is 5.51. The largest absolute Gasteiger partial charge is 0.397 e. The van der Waals surface area contributed by atoms with Crippen LogP contribution in [0.1, 0.15) is 28.9 Å². The fraction of sp³-hybridized carbons (Fsp3) is 0.357. The number of amides is 1. The number of aliphatic hydroxyl groups excluding tert-OH is 1. The number of aliphatic hydroxyl groups is 1. The molecule has 0 aliphatic carbocycles. The van der Waals surface area contributed by atoms with Crippen molar-refractivity contribution in [2.45, 2.75) is 19.3 Å². The predicted molar refractivity (Wildman–Crippen MR) is 84.5 cm³/mol. The third-order valence-electron chi connectivity index (χ3n) is 3.03. The lowest BCUT2D eigenvalue weighted by Crippen LogP contribution is -2.24. The quantitative estimate of drug-likeness (QED) is 0.718. The van der Waals surface area contributed by atoms with Crippen LogP contribution in [0.3, 0.4) is 0 Å². The van der Waals surface area contributed by atoms with Gasteiger partial charge in [0.25, 0.3) is 5.91 Å². The molecule has 1 aromatic carbocycles. The number of nitrogens with one attached hydrogen (secondary N) is 1. The first-order valence-electron chi connectivity index (χ1n) is 6.50. The maximum atomic E-state index is 12.1. The molecule has 0 atom stereocenters. The summed E-state index contributed by atoms with van der Waals surface area (Å²) in [4.78, 5) is 12.6. The molecular weight excluding hydrogens is 296 g/mol. The molecule has 0 saturated carbocycles. The molecule has 0 aliphatic rings. The highest BCUT2D eigenvalue weighted by Crippen LogP contribution is 2.37. The van der Waals surface area contributed by atoms with Gasteiger partial charge in [-0.1, -0.05) is 17.7 Å². The summed E-state index contributed by atoms with van der Waals surface area (Å²) in [5.74, 6) is -0.163. The SMILES string of the molecule is Nc1c(C(=O)NCCCCCO)sc2cccc(Cl)c12. The van der Waals surface area contributed by atoms with Crippen molar-refractivity contribution in [1.29, 1.82) is 0 Å². The summed E-state index contributed by atoms with van der Waals surface area (Å²) in [6.45, 7) is 0.774. The monoisotopic (exact) mass is 312 g/mol. The molecule has 2 aromatic rings. The Kier molecular flexibility index (Phi) is 5.23. The number of hydrogen-bond acceptors (Lipinski definition) is 4. The molecule has 1 aromatic heterocycles. The Hall–Kier alpha value is -1.30. The third-order valence-corrected chi connectivity index (χ3v) is 4.51. The van der Waals surface area contributed by atoms with Gasteiger partial charge in [0.2, 0.25) is 0 Å². The average molecular weight is 313 g/mol. The second kappa shape index (κ2) is 6.92. The fourth-order valence-electron chi connectivity index (χ4n) is 1.99. The highest BCUT2D eigenvalue weighted by molar-refractivity contribution is 7.21. The Bertz CT molecular complexity index is 612. The molecule has 2 rings (SSSR count). The van der Waals surface area contributed by atoms with Crippen LogP contribution in [0.4, 0.5) is 5.69 Å². The van der Waals surface area contributed by atoms with Crippen molar-refractivity contribution in [2.75, 3.05) is 18.9 Å². The molecule has 6 heteroatoms. The van der Waals surface area contributed by atoms with E-state index in [2.05, 4.69) is 5.32 Å². The number of thiophene rings is 1. The van der Waals surface area contributed by atoms with Crippen LogP contribution in [-0.4, -0.2) is 24.2 Å². The van der Waals surface area contributed by atoms with Crippen molar-refractivity contribution in [3.63, 3.8) is 0 Å². The maximum Gasteiger partial charge on any atom is 0.263 e. The number of rotatable bonds is 6. The smallest absolute Gasteiger partial charge is 0.263 e. The summed E-state index contributed by atoms with van der Waals surface area (Å²) in [5.41, 5.74) is 6.47. The number of fused-ring (bicyclic) bond motifs is 1. The minimum absolute atomic E-state index is 0.163. The van der Waals surface area contributed by atoms with Crippen molar-refractivity contribution < 1.29 is 9.90 Å². The molecule has 0 fully saturated rings. The minimum Gasteiger partial charge on any atom is -0.397 e. The normalized spacial score (nSPS) is 10.9. The van der Waals surface area contributed by atoms with E-state index in [1.807, 2.05) is 12.1 Å². The number of hydrogen-bond donors (Lipinski definition) is 3. The molecule has 1 amide bonds. The van der Waals surface area contributed by atoms with E-state index in [-0.39, 0.29) is 12.5 Å². The van der Waals surface area contributed by atoms with Gasteiger partial charge in [-0.3, -0.25) is 4.79 Å². The molecule has 0 bridgehead atoms. The lowest BCUT2D eigenvalue weighted by Gasteiger charge is -2.04. The lowest BCUT2D eigenvalue weighted by atomic mass is 10.2. The van der Waals surface area contributed by atoms with Gasteiger partial charge in [0.1, 0.15) is 4.88 Å². The van der Waals surface area contributed by atoms with Gasteiger partial charge in [-0.25, -0.2) is 0 Å². The highest BCUT2D eigenvalue weighted by atomic mass is 35.5. The number of carbonyl (C=O) groups excluding carboxylic acids is 1. The molecule has 0 spiro atoms. The molecule has 1 heterocycles. The molecule has 0 unspecified atom stereocenters. The van der Waals surface area contributed by atoms with Gasteiger partial charge in [0.05, 0.1) is 10.7 Å². The molecule has 4 N–H and O–H groups in total. The van der Waals surface area contributed by atoms with E-state index in [4.69, 9.17) is 22.4 Å².